The highest BCUT2D eigenvalue weighted by molar-refractivity contribution is 6.64. The molecule has 6 unspecified atom stereocenters. The predicted octanol–water partition coefficient (Wildman–Crippen LogP) is 3.65. The molecule has 6 heteroatoms. The predicted molar refractivity (Wildman–Crippen MR) is 116 cm³/mol. The molecule has 0 N–H and O–H groups in total. The summed E-state index contributed by atoms with van der Waals surface area (Å²) >= 11 is 0. The minimum Gasteiger partial charge on any atom is -0.344 e. The Bertz CT molecular complexity index is 743. The van der Waals surface area contributed by atoms with Crippen molar-refractivity contribution in [2.45, 2.75) is 94.9 Å². The van der Waals surface area contributed by atoms with E-state index >= 15 is 0 Å². The normalized spacial score (nSPS) is 49.9. The summed E-state index contributed by atoms with van der Waals surface area (Å²) < 4.78 is 26.4. The molecule has 4 nitrogen and oxygen atoms in total. The van der Waals surface area contributed by atoms with Gasteiger partial charge in [0, 0.05) is 25.7 Å². The molecule has 2 bridgehead atoms. The Balaban J connectivity index is 1.68. The molecule has 6 aliphatic rings. The first-order valence-electron chi connectivity index (χ1n) is 11.1. The van der Waals surface area contributed by atoms with Gasteiger partial charge in [0.05, 0.1) is 27.1 Å². The monoisotopic (exact) mass is 420 g/mol. The van der Waals surface area contributed by atoms with E-state index in [1.807, 2.05) is 0 Å². The largest absolute Gasteiger partial charge is 0.344 e. The first-order valence-corrected chi connectivity index (χ1v) is 16.9. The van der Waals surface area contributed by atoms with E-state index in [2.05, 4.69) is 72.1 Å². The van der Waals surface area contributed by atoms with E-state index in [4.69, 9.17) is 18.9 Å². The van der Waals surface area contributed by atoms with Crippen LogP contribution in [0.2, 0.25) is 31.2 Å². The summed E-state index contributed by atoms with van der Waals surface area (Å²) in [6.45, 7) is 18.1. The molecule has 3 fully saturated rings. The van der Waals surface area contributed by atoms with Crippen LogP contribution >= 0.6 is 0 Å². The van der Waals surface area contributed by atoms with Crippen molar-refractivity contribution in [2.75, 3.05) is 0 Å². The Morgan fingerprint density at radius 3 is 2.11 bits per heavy atom. The second-order valence-corrected chi connectivity index (χ2v) is 17.3. The van der Waals surface area contributed by atoms with E-state index < -0.39 is 29.2 Å². The fourth-order valence-electron chi connectivity index (χ4n) is 6.93. The van der Waals surface area contributed by atoms with Crippen LogP contribution in [0.25, 0.3) is 0 Å². The SMILES string of the molecule is C[SiH](C)C1=CC2C3C=CC([SiH](C)C)(C4OC(C)(C)OC34)C2[C@@H]2OC(C)(C)O[C@H]12. The molecule has 4 aliphatic carbocycles. The molecular weight excluding hydrogens is 384 g/mol. The molecule has 0 aromatic rings. The smallest absolute Gasteiger partial charge is 0.164 e. The fourth-order valence-corrected chi connectivity index (χ4v) is 11.0. The lowest BCUT2D eigenvalue weighted by molar-refractivity contribution is -0.159. The minimum absolute atomic E-state index is 0.0467. The van der Waals surface area contributed by atoms with Crippen LogP contribution in [0.15, 0.2) is 23.4 Å². The molecule has 1 saturated carbocycles. The minimum atomic E-state index is -1.16. The van der Waals surface area contributed by atoms with E-state index in [1.54, 1.807) is 5.20 Å². The van der Waals surface area contributed by atoms with Crippen molar-refractivity contribution < 1.29 is 18.9 Å². The summed E-state index contributed by atoms with van der Waals surface area (Å²) in [5.74, 6) is 0.256. The number of allylic oxidation sites excluding steroid dienone is 1. The second kappa shape index (κ2) is 5.92. The summed E-state index contributed by atoms with van der Waals surface area (Å²) in [6, 6.07) is 0. The number of rotatable bonds is 2. The zero-order valence-electron chi connectivity index (χ0n) is 18.6. The lowest BCUT2D eigenvalue weighted by Crippen LogP contribution is -2.65. The number of fused-ring (bicyclic) bond motifs is 1. The van der Waals surface area contributed by atoms with Crippen LogP contribution in [0.5, 0.6) is 0 Å². The first kappa shape index (κ1) is 19.7. The van der Waals surface area contributed by atoms with Crippen molar-refractivity contribution >= 4 is 17.6 Å². The summed E-state index contributed by atoms with van der Waals surface area (Å²) in [7, 11) is -2.17. The van der Waals surface area contributed by atoms with Gasteiger partial charge < -0.3 is 18.9 Å². The maximum atomic E-state index is 6.68. The molecule has 6 rings (SSSR count). The molecule has 2 heterocycles. The first-order chi connectivity index (χ1) is 13.0. The Morgan fingerprint density at radius 2 is 1.46 bits per heavy atom. The van der Waals surface area contributed by atoms with Gasteiger partial charge in [0.1, 0.15) is 6.10 Å². The second-order valence-electron chi connectivity index (χ2n) is 11.1. The third kappa shape index (κ3) is 2.48. The summed E-state index contributed by atoms with van der Waals surface area (Å²) in [5, 5.41) is 1.60. The van der Waals surface area contributed by atoms with Crippen LogP contribution in [-0.2, 0) is 18.9 Å². The van der Waals surface area contributed by atoms with E-state index in [9.17, 15) is 0 Å². The van der Waals surface area contributed by atoms with Gasteiger partial charge in [-0.25, -0.2) is 0 Å². The molecule has 0 radical (unpaired) electrons. The Kier molecular flexibility index (Phi) is 4.16. The highest BCUT2D eigenvalue weighted by Gasteiger charge is 2.70. The third-order valence-corrected chi connectivity index (χ3v) is 12.7. The molecule has 0 aromatic carbocycles. The van der Waals surface area contributed by atoms with Gasteiger partial charge in [-0.1, -0.05) is 49.6 Å². The van der Waals surface area contributed by atoms with Crippen molar-refractivity contribution in [3.8, 4) is 0 Å². The summed E-state index contributed by atoms with van der Waals surface area (Å²) in [6.07, 6.45) is 8.16. The van der Waals surface area contributed by atoms with Gasteiger partial charge in [0.2, 0.25) is 0 Å². The maximum absolute atomic E-state index is 6.68. The number of hydrogen-bond donors (Lipinski definition) is 0. The molecule has 2 aliphatic heterocycles. The molecule has 2 saturated heterocycles. The van der Waals surface area contributed by atoms with Gasteiger partial charge in [0.15, 0.2) is 11.6 Å². The van der Waals surface area contributed by atoms with Gasteiger partial charge in [0.25, 0.3) is 0 Å². The van der Waals surface area contributed by atoms with Crippen molar-refractivity contribution in [1.29, 1.82) is 0 Å². The van der Waals surface area contributed by atoms with Crippen molar-refractivity contribution in [1.82, 2.24) is 0 Å². The highest BCUT2D eigenvalue weighted by atomic mass is 28.3. The zero-order valence-corrected chi connectivity index (χ0v) is 20.9. The molecule has 28 heavy (non-hydrogen) atoms. The average molecular weight is 421 g/mol. The molecule has 0 amide bonds. The Hall–Kier alpha value is -0.246. The van der Waals surface area contributed by atoms with Gasteiger partial charge in [-0.05, 0) is 33.6 Å². The van der Waals surface area contributed by atoms with Crippen molar-refractivity contribution in [3.05, 3.63) is 23.4 Å². The molecule has 156 valence electrons. The molecular formula is C22H36O4Si2. The quantitative estimate of drug-likeness (QED) is 0.505. The van der Waals surface area contributed by atoms with Crippen molar-refractivity contribution in [3.63, 3.8) is 0 Å². The van der Waals surface area contributed by atoms with E-state index in [-0.39, 0.29) is 29.5 Å². The summed E-state index contributed by atoms with van der Waals surface area (Å²) in [5.41, 5.74) is 0. The van der Waals surface area contributed by atoms with Crippen molar-refractivity contribution in [2.24, 2.45) is 17.8 Å². The van der Waals surface area contributed by atoms with Gasteiger partial charge >= 0.3 is 0 Å². The molecule has 0 spiro atoms. The van der Waals surface area contributed by atoms with Crippen LogP contribution in [0, 0.1) is 17.8 Å². The van der Waals surface area contributed by atoms with E-state index in [0.717, 1.165) is 0 Å². The zero-order chi connectivity index (χ0) is 20.2. The van der Waals surface area contributed by atoms with Gasteiger partial charge in [-0.15, -0.1) is 0 Å². The van der Waals surface area contributed by atoms with Crippen LogP contribution in [0.1, 0.15) is 27.7 Å². The van der Waals surface area contributed by atoms with Crippen LogP contribution in [0.3, 0.4) is 0 Å². The lowest BCUT2D eigenvalue weighted by atomic mass is 9.55. The van der Waals surface area contributed by atoms with Crippen LogP contribution in [-0.4, -0.2) is 53.6 Å². The fraction of sp³-hybridized carbons (Fsp3) is 0.818. The topological polar surface area (TPSA) is 36.9 Å². The maximum Gasteiger partial charge on any atom is 0.164 e. The number of ether oxygens (including phenoxy) is 4. The highest BCUT2D eigenvalue weighted by Crippen LogP contribution is 2.68. The van der Waals surface area contributed by atoms with E-state index in [0.29, 0.717) is 17.8 Å². The van der Waals surface area contributed by atoms with Gasteiger partial charge in [-0.3, -0.25) is 0 Å². The van der Waals surface area contributed by atoms with Crippen LogP contribution < -0.4 is 0 Å². The van der Waals surface area contributed by atoms with Crippen LogP contribution in [0.4, 0.5) is 0 Å². The summed E-state index contributed by atoms with van der Waals surface area (Å²) in [4.78, 5) is 0. The average Bonchev–Trinajstić information content (AvgIpc) is 3.08. The standard InChI is InChI=1S/C22H36O4Si2/c1-20(2)24-17-14(27(5)6)11-13-12-9-10-22(28(7)8,15(13)18(17)25-20)19-16(12)23-21(3,4)26-19/h9-13,15-19,27-28H,1-8H3/t12?,13?,15?,16?,17-,18+,19?,22?/m1/s1. The third-order valence-electron chi connectivity index (χ3n) is 7.91. The molecule has 0 aromatic heterocycles. The molecule has 8 atom stereocenters. The number of hydrogen-bond acceptors (Lipinski definition) is 4. The Labute approximate surface area is 172 Å². The lowest BCUT2D eigenvalue weighted by Gasteiger charge is -2.61. The van der Waals surface area contributed by atoms with Gasteiger partial charge in [-0.2, -0.15) is 0 Å². The van der Waals surface area contributed by atoms with E-state index in [1.165, 1.54) is 0 Å². The Morgan fingerprint density at radius 1 is 0.821 bits per heavy atom.